The average molecular weight is 465 g/mol. The van der Waals surface area contributed by atoms with Gasteiger partial charge >= 0.3 is 0 Å². The van der Waals surface area contributed by atoms with E-state index in [1.807, 2.05) is 12.3 Å². The summed E-state index contributed by atoms with van der Waals surface area (Å²) in [6, 6.07) is 11.8. The van der Waals surface area contributed by atoms with Crippen LogP contribution in [0.2, 0.25) is 0 Å². The maximum absolute atomic E-state index is 13.4. The van der Waals surface area contributed by atoms with Gasteiger partial charge in [0.15, 0.2) is 0 Å². The Morgan fingerprint density at radius 3 is 2.30 bits per heavy atom. The Labute approximate surface area is 192 Å². The highest BCUT2D eigenvalue weighted by atomic mass is 32.1. The summed E-state index contributed by atoms with van der Waals surface area (Å²) in [6.07, 6.45) is 1.77. The monoisotopic (exact) mass is 464 g/mol. The molecule has 2 aromatic carbocycles. The summed E-state index contributed by atoms with van der Waals surface area (Å²) in [5.41, 5.74) is 2.19. The first kappa shape index (κ1) is 22.3. The van der Waals surface area contributed by atoms with E-state index in [1.165, 1.54) is 41.3 Å². The lowest BCUT2D eigenvalue weighted by Gasteiger charge is -2.18. The highest BCUT2D eigenvalue weighted by molar-refractivity contribution is 7.17. The largest absolute Gasteiger partial charge is 0.326 e. The number of nitrogens with one attached hydrogen (secondary N) is 2. The molecule has 0 fully saturated rings. The molecule has 0 aliphatic carbocycles. The Morgan fingerprint density at radius 1 is 1.06 bits per heavy atom. The first-order valence-electron chi connectivity index (χ1n) is 10.3. The molecule has 0 spiro atoms. The van der Waals surface area contributed by atoms with E-state index in [4.69, 9.17) is 0 Å². The molecule has 0 saturated heterocycles. The van der Waals surface area contributed by atoms with E-state index in [9.17, 15) is 18.8 Å². The quantitative estimate of drug-likeness (QED) is 0.428. The van der Waals surface area contributed by atoms with Crippen molar-refractivity contribution in [1.82, 2.24) is 9.55 Å². The van der Waals surface area contributed by atoms with Gasteiger partial charge in [-0.2, -0.15) is 0 Å². The topological polar surface area (TPSA) is 93.1 Å². The van der Waals surface area contributed by atoms with Gasteiger partial charge in [0.25, 0.3) is 5.56 Å². The maximum Gasteiger partial charge on any atom is 0.263 e. The summed E-state index contributed by atoms with van der Waals surface area (Å²) in [4.78, 5) is 42.5. The third-order valence-corrected chi connectivity index (χ3v) is 6.06. The van der Waals surface area contributed by atoms with Gasteiger partial charge in [-0.15, -0.1) is 11.3 Å². The molecule has 2 aromatic heterocycles. The van der Waals surface area contributed by atoms with Gasteiger partial charge in [-0.05, 0) is 48.4 Å². The molecule has 2 N–H and O–H groups in total. The number of nitrogens with zero attached hydrogens (tertiary/aromatic N) is 2. The van der Waals surface area contributed by atoms with Crippen LogP contribution in [0.4, 0.5) is 15.8 Å². The molecule has 0 aliphatic heterocycles. The molecule has 4 rings (SSSR count). The molecule has 0 saturated carbocycles. The summed E-state index contributed by atoms with van der Waals surface area (Å²) in [6.45, 7) is 3.23. The van der Waals surface area contributed by atoms with Crippen molar-refractivity contribution in [3.63, 3.8) is 0 Å². The highest BCUT2D eigenvalue weighted by Crippen LogP contribution is 2.31. The van der Waals surface area contributed by atoms with Gasteiger partial charge in [0, 0.05) is 29.2 Å². The van der Waals surface area contributed by atoms with Gasteiger partial charge in [-0.25, -0.2) is 9.37 Å². The van der Waals surface area contributed by atoms with Crippen LogP contribution >= 0.6 is 11.3 Å². The van der Waals surface area contributed by atoms with Crippen molar-refractivity contribution in [3.8, 4) is 11.1 Å². The summed E-state index contributed by atoms with van der Waals surface area (Å²) in [5.74, 6) is -0.901. The van der Waals surface area contributed by atoms with Gasteiger partial charge in [0.2, 0.25) is 11.8 Å². The summed E-state index contributed by atoms with van der Waals surface area (Å²) in [7, 11) is 0. The van der Waals surface area contributed by atoms with Crippen LogP contribution in [0, 0.1) is 5.82 Å². The van der Waals surface area contributed by atoms with E-state index in [0.717, 1.165) is 0 Å². The van der Waals surface area contributed by atoms with Crippen molar-refractivity contribution in [2.24, 2.45) is 0 Å². The molecule has 1 atom stereocenters. The van der Waals surface area contributed by atoms with Gasteiger partial charge < -0.3 is 10.6 Å². The van der Waals surface area contributed by atoms with Crippen LogP contribution in [0.5, 0.6) is 0 Å². The predicted octanol–water partition coefficient (Wildman–Crippen LogP) is 4.81. The lowest BCUT2D eigenvalue weighted by atomic mass is 10.1. The lowest BCUT2D eigenvalue weighted by molar-refractivity contribution is -0.119. The van der Waals surface area contributed by atoms with E-state index < -0.39 is 6.04 Å². The number of anilines is 2. The number of carbonyl (C=O) groups excluding carboxylic acids is 2. The molecule has 2 amide bonds. The van der Waals surface area contributed by atoms with Crippen LogP contribution in [0.25, 0.3) is 21.3 Å². The number of benzene rings is 2. The van der Waals surface area contributed by atoms with Crippen LogP contribution < -0.4 is 16.2 Å². The normalized spacial score (nSPS) is 11.8. The molecular formula is C24H21FN4O3S. The third-order valence-electron chi connectivity index (χ3n) is 5.17. The van der Waals surface area contributed by atoms with Crippen molar-refractivity contribution in [2.75, 3.05) is 10.6 Å². The molecule has 33 heavy (non-hydrogen) atoms. The fourth-order valence-corrected chi connectivity index (χ4v) is 4.49. The molecule has 0 radical (unpaired) electrons. The first-order chi connectivity index (χ1) is 15.9. The van der Waals surface area contributed by atoms with Gasteiger partial charge in [0.1, 0.15) is 16.7 Å². The number of carbonyl (C=O) groups is 2. The Hall–Kier alpha value is -3.85. The van der Waals surface area contributed by atoms with Crippen molar-refractivity contribution >= 4 is 44.7 Å². The zero-order valence-corrected chi connectivity index (χ0v) is 18.8. The van der Waals surface area contributed by atoms with Gasteiger partial charge in [0.05, 0.1) is 11.7 Å². The molecule has 0 aliphatic rings. The number of rotatable bonds is 6. The smallest absolute Gasteiger partial charge is 0.263 e. The van der Waals surface area contributed by atoms with Gasteiger partial charge in [-0.3, -0.25) is 19.0 Å². The summed E-state index contributed by atoms with van der Waals surface area (Å²) in [5, 5.41) is 7.70. The minimum Gasteiger partial charge on any atom is -0.326 e. The Morgan fingerprint density at radius 2 is 1.70 bits per heavy atom. The Kier molecular flexibility index (Phi) is 6.32. The van der Waals surface area contributed by atoms with E-state index in [-0.39, 0.29) is 23.2 Å². The molecule has 9 heteroatoms. The molecule has 7 nitrogen and oxygen atoms in total. The SMILES string of the molecule is CCC(C(=O)Nc1ccc(NC(C)=O)cc1)n1cnc2scc(-c3ccc(F)cc3)c2c1=O. The fraction of sp³-hybridized carbons (Fsp3) is 0.167. The van der Waals surface area contributed by atoms with Crippen LogP contribution in [0.1, 0.15) is 26.3 Å². The molecule has 2 heterocycles. The summed E-state index contributed by atoms with van der Waals surface area (Å²) < 4.78 is 14.7. The van der Waals surface area contributed by atoms with Gasteiger partial charge in [-0.1, -0.05) is 19.1 Å². The van der Waals surface area contributed by atoms with Crippen molar-refractivity contribution in [3.05, 3.63) is 76.4 Å². The minimum atomic E-state index is -0.773. The van der Waals surface area contributed by atoms with E-state index in [1.54, 1.807) is 36.4 Å². The van der Waals surface area contributed by atoms with Crippen molar-refractivity contribution in [1.29, 1.82) is 0 Å². The summed E-state index contributed by atoms with van der Waals surface area (Å²) >= 11 is 1.32. The first-order valence-corrected chi connectivity index (χ1v) is 11.2. The standard InChI is InChI=1S/C24H21FN4O3S/c1-3-20(22(31)28-18-10-8-17(9-11-18)27-14(2)30)29-13-26-23-21(24(29)32)19(12-33-23)15-4-6-16(25)7-5-15/h4-13,20H,3H2,1-2H3,(H,27,30)(H,28,31). The second-order valence-corrected chi connectivity index (χ2v) is 8.32. The molecule has 168 valence electrons. The minimum absolute atomic E-state index is 0.187. The zero-order valence-electron chi connectivity index (χ0n) is 18.0. The van der Waals surface area contributed by atoms with Crippen molar-refractivity contribution in [2.45, 2.75) is 26.3 Å². The van der Waals surface area contributed by atoms with E-state index >= 15 is 0 Å². The van der Waals surface area contributed by atoms with Crippen LogP contribution in [-0.2, 0) is 9.59 Å². The number of hydrogen-bond donors (Lipinski definition) is 2. The van der Waals surface area contributed by atoms with E-state index in [2.05, 4.69) is 15.6 Å². The van der Waals surface area contributed by atoms with E-state index in [0.29, 0.717) is 39.1 Å². The number of thiophene rings is 1. The fourth-order valence-electron chi connectivity index (χ4n) is 3.58. The second-order valence-electron chi connectivity index (χ2n) is 7.47. The van der Waals surface area contributed by atoms with Crippen molar-refractivity contribution < 1.29 is 14.0 Å². The lowest BCUT2D eigenvalue weighted by Crippen LogP contribution is -2.33. The highest BCUT2D eigenvalue weighted by Gasteiger charge is 2.23. The Bertz CT molecular complexity index is 1380. The van der Waals surface area contributed by atoms with Crippen LogP contribution in [-0.4, -0.2) is 21.4 Å². The third kappa shape index (κ3) is 4.68. The second kappa shape index (κ2) is 9.33. The molecular weight excluding hydrogens is 443 g/mol. The number of amides is 2. The average Bonchev–Trinajstić information content (AvgIpc) is 3.22. The molecule has 4 aromatic rings. The maximum atomic E-state index is 13.4. The molecule has 0 bridgehead atoms. The number of hydrogen-bond acceptors (Lipinski definition) is 5. The zero-order chi connectivity index (χ0) is 23.5. The number of fused-ring (bicyclic) bond motifs is 1. The van der Waals surface area contributed by atoms with Crippen LogP contribution in [0.3, 0.4) is 0 Å². The number of halogens is 1. The molecule has 1 unspecified atom stereocenters. The van der Waals surface area contributed by atoms with Crippen LogP contribution in [0.15, 0.2) is 65.0 Å². The Balaban J connectivity index is 1.65. The predicted molar refractivity (Wildman–Crippen MR) is 128 cm³/mol. The number of aromatic nitrogens is 2.